The number of carbonyl (C=O) groups is 2. The van der Waals surface area contributed by atoms with Crippen LogP contribution in [-0.4, -0.2) is 29.0 Å². The van der Waals surface area contributed by atoms with Gasteiger partial charge in [0.15, 0.2) is 0 Å². The molecule has 6 heteroatoms. The minimum absolute atomic E-state index is 0.181. The normalized spacial score (nSPS) is 27.3. The standard InChI is InChI=1S/C5H6N2O2S2/c8-3-5(1-10-11-2-5)7-4(9)6-3/h1-2H2,(H2,6,7,8,9). The number of hydrogen-bond acceptors (Lipinski definition) is 4. The molecule has 2 aliphatic heterocycles. The van der Waals surface area contributed by atoms with Crippen LogP contribution in [0.1, 0.15) is 0 Å². The number of hydrogen-bond donors (Lipinski definition) is 2. The van der Waals surface area contributed by atoms with Crippen molar-refractivity contribution in [1.82, 2.24) is 10.6 Å². The minimum atomic E-state index is -0.605. The molecule has 0 aromatic heterocycles. The van der Waals surface area contributed by atoms with Gasteiger partial charge >= 0.3 is 6.03 Å². The van der Waals surface area contributed by atoms with Crippen molar-refractivity contribution in [3.8, 4) is 0 Å². The Kier molecular flexibility index (Phi) is 1.53. The van der Waals surface area contributed by atoms with Gasteiger partial charge < -0.3 is 5.32 Å². The fourth-order valence-corrected chi connectivity index (χ4v) is 4.07. The van der Waals surface area contributed by atoms with Crippen molar-refractivity contribution in [2.45, 2.75) is 5.54 Å². The van der Waals surface area contributed by atoms with Crippen molar-refractivity contribution >= 4 is 33.5 Å². The van der Waals surface area contributed by atoms with Gasteiger partial charge in [0, 0.05) is 11.5 Å². The minimum Gasteiger partial charge on any atom is -0.322 e. The summed E-state index contributed by atoms with van der Waals surface area (Å²) in [6.07, 6.45) is 0. The first kappa shape index (κ1) is 7.30. The molecule has 2 saturated heterocycles. The van der Waals surface area contributed by atoms with Crippen molar-refractivity contribution < 1.29 is 9.59 Å². The lowest BCUT2D eigenvalue weighted by Gasteiger charge is -2.15. The Labute approximate surface area is 71.3 Å². The lowest BCUT2D eigenvalue weighted by molar-refractivity contribution is -0.122. The highest BCUT2D eigenvalue weighted by Gasteiger charge is 2.49. The van der Waals surface area contributed by atoms with Gasteiger partial charge in [-0.15, -0.1) is 0 Å². The number of imide groups is 1. The number of carbonyl (C=O) groups excluding carboxylic acids is 2. The highest BCUT2D eigenvalue weighted by Crippen LogP contribution is 2.38. The van der Waals surface area contributed by atoms with Crippen LogP contribution in [0.2, 0.25) is 0 Å². The highest BCUT2D eigenvalue weighted by atomic mass is 33.1. The third-order valence-corrected chi connectivity index (χ3v) is 4.30. The van der Waals surface area contributed by atoms with Gasteiger partial charge in [0.1, 0.15) is 5.54 Å². The van der Waals surface area contributed by atoms with Crippen LogP contribution in [-0.2, 0) is 4.79 Å². The molecule has 3 amide bonds. The summed E-state index contributed by atoms with van der Waals surface area (Å²) in [5, 5.41) is 4.87. The lowest BCUT2D eigenvalue weighted by atomic mass is 10.1. The van der Waals surface area contributed by atoms with E-state index in [4.69, 9.17) is 0 Å². The first-order chi connectivity index (χ1) is 5.23. The van der Waals surface area contributed by atoms with E-state index < -0.39 is 5.54 Å². The summed E-state index contributed by atoms with van der Waals surface area (Å²) >= 11 is 0. The summed E-state index contributed by atoms with van der Waals surface area (Å²) < 4.78 is 0. The number of urea groups is 1. The molecule has 2 N–H and O–H groups in total. The largest absolute Gasteiger partial charge is 0.322 e. The molecular formula is C5H6N2O2S2. The van der Waals surface area contributed by atoms with Crippen LogP contribution in [0, 0.1) is 0 Å². The van der Waals surface area contributed by atoms with Crippen LogP contribution in [0.3, 0.4) is 0 Å². The van der Waals surface area contributed by atoms with Crippen molar-refractivity contribution in [3.63, 3.8) is 0 Å². The second-order valence-corrected chi connectivity index (χ2v) is 4.98. The molecule has 2 rings (SSSR count). The van der Waals surface area contributed by atoms with Crippen molar-refractivity contribution in [2.24, 2.45) is 0 Å². The van der Waals surface area contributed by atoms with Crippen LogP contribution >= 0.6 is 21.6 Å². The first-order valence-corrected chi connectivity index (χ1v) is 5.60. The monoisotopic (exact) mass is 190 g/mol. The third-order valence-electron chi connectivity index (χ3n) is 1.71. The van der Waals surface area contributed by atoms with E-state index in [-0.39, 0.29) is 11.9 Å². The summed E-state index contributed by atoms with van der Waals surface area (Å²) in [6.45, 7) is 0. The Balaban J connectivity index is 2.24. The van der Waals surface area contributed by atoms with Gasteiger partial charge in [-0.2, -0.15) is 0 Å². The van der Waals surface area contributed by atoms with Gasteiger partial charge in [-0.05, 0) is 0 Å². The van der Waals surface area contributed by atoms with E-state index in [9.17, 15) is 9.59 Å². The molecule has 0 unspecified atom stereocenters. The van der Waals surface area contributed by atoms with Crippen LogP contribution < -0.4 is 10.6 Å². The second-order valence-electron chi connectivity index (χ2n) is 2.51. The molecule has 0 aliphatic carbocycles. The zero-order chi connectivity index (χ0) is 7.90. The van der Waals surface area contributed by atoms with E-state index in [1.54, 1.807) is 21.6 Å². The molecule has 11 heavy (non-hydrogen) atoms. The van der Waals surface area contributed by atoms with E-state index in [0.29, 0.717) is 11.5 Å². The van der Waals surface area contributed by atoms with Crippen molar-refractivity contribution in [1.29, 1.82) is 0 Å². The first-order valence-electron chi connectivity index (χ1n) is 3.11. The van der Waals surface area contributed by atoms with Crippen molar-refractivity contribution in [2.75, 3.05) is 11.5 Å². The lowest BCUT2D eigenvalue weighted by Crippen LogP contribution is -2.49. The highest BCUT2D eigenvalue weighted by molar-refractivity contribution is 8.77. The van der Waals surface area contributed by atoms with Gasteiger partial charge in [-0.1, -0.05) is 21.6 Å². The molecule has 2 fully saturated rings. The summed E-state index contributed by atoms with van der Waals surface area (Å²) in [5.74, 6) is 1.17. The molecule has 0 saturated carbocycles. The molecule has 0 radical (unpaired) electrons. The molecule has 2 heterocycles. The predicted octanol–water partition coefficient (Wildman–Crippen LogP) is -0.0404. The molecular weight excluding hydrogens is 184 g/mol. The SMILES string of the molecule is O=C1NC(=O)C2(CSSC2)N1. The number of rotatable bonds is 0. The Bertz CT molecular complexity index is 225. The topological polar surface area (TPSA) is 58.2 Å². The maximum Gasteiger partial charge on any atom is 0.322 e. The van der Waals surface area contributed by atoms with E-state index in [0.717, 1.165) is 0 Å². The van der Waals surface area contributed by atoms with Gasteiger partial charge in [0.2, 0.25) is 0 Å². The van der Waals surface area contributed by atoms with Crippen LogP contribution in [0.15, 0.2) is 0 Å². The zero-order valence-corrected chi connectivity index (χ0v) is 7.18. The molecule has 60 valence electrons. The maximum atomic E-state index is 11.2. The Morgan fingerprint density at radius 1 is 1.27 bits per heavy atom. The quantitative estimate of drug-likeness (QED) is 0.415. The number of amides is 3. The predicted molar refractivity (Wildman–Crippen MR) is 44.3 cm³/mol. The van der Waals surface area contributed by atoms with E-state index >= 15 is 0 Å². The molecule has 1 spiro atoms. The van der Waals surface area contributed by atoms with Crippen molar-refractivity contribution in [3.05, 3.63) is 0 Å². The summed E-state index contributed by atoms with van der Waals surface area (Å²) in [5.41, 5.74) is -0.605. The zero-order valence-electron chi connectivity index (χ0n) is 5.55. The van der Waals surface area contributed by atoms with Gasteiger partial charge in [0.25, 0.3) is 5.91 Å². The Morgan fingerprint density at radius 3 is 2.36 bits per heavy atom. The van der Waals surface area contributed by atoms with Crippen LogP contribution in [0.4, 0.5) is 4.79 Å². The smallest absolute Gasteiger partial charge is 0.322 e. The van der Waals surface area contributed by atoms with Gasteiger partial charge in [0.05, 0.1) is 0 Å². The molecule has 4 nitrogen and oxygen atoms in total. The fourth-order valence-electron chi connectivity index (χ4n) is 1.06. The summed E-state index contributed by atoms with van der Waals surface area (Å²) in [4.78, 5) is 21.9. The summed E-state index contributed by atoms with van der Waals surface area (Å²) in [6, 6.07) is -0.363. The third kappa shape index (κ3) is 1.01. The molecule has 0 atom stereocenters. The summed E-state index contributed by atoms with van der Waals surface area (Å²) in [7, 11) is 3.23. The Hall–Kier alpha value is -0.360. The van der Waals surface area contributed by atoms with E-state index in [2.05, 4.69) is 10.6 Å². The molecule has 2 aliphatic rings. The van der Waals surface area contributed by atoms with E-state index in [1.807, 2.05) is 0 Å². The average Bonchev–Trinajstić information content (AvgIpc) is 2.45. The van der Waals surface area contributed by atoms with Crippen LogP contribution in [0.25, 0.3) is 0 Å². The number of nitrogens with one attached hydrogen (secondary N) is 2. The fraction of sp³-hybridized carbons (Fsp3) is 0.600. The molecule has 0 bridgehead atoms. The molecule has 0 aromatic rings. The van der Waals surface area contributed by atoms with Gasteiger partial charge in [-0.3, -0.25) is 10.1 Å². The molecule has 0 aromatic carbocycles. The average molecular weight is 190 g/mol. The Morgan fingerprint density at radius 2 is 1.91 bits per heavy atom. The van der Waals surface area contributed by atoms with Gasteiger partial charge in [-0.25, -0.2) is 4.79 Å². The van der Waals surface area contributed by atoms with E-state index in [1.165, 1.54) is 0 Å². The second kappa shape index (κ2) is 2.31. The van der Waals surface area contributed by atoms with Crippen LogP contribution in [0.5, 0.6) is 0 Å². The maximum absolute atomic E-state index is 11.2.